The minimum absolute atomic E-state index is 0.0882. The van der Waals surface area contributed by atoms with Crippen molar-refractivity contribution in [2.75, 3.05) is 18.4 Å². The minimum atomic E-state index is -3.61. The molecule has 0 saturated carbocycles. The highest BCUT2D eigenvalue weighted by Crippen LogP contribution is 2.25. The molecule has 1 fully saturated rings. The molecule has 8 heteroatoms. The number of hydrogen-bond donors (Lipinski definition) is 1. The number of rotatable bonds is 6. The van der Waals surface area contributed by atoms with Gasteiger partial charge in [0.05, 0.1) is 10.1 Å². The molecular formula is C21H22N2O5S. The Morgan fingerprint density at radius 1 is 1.14 bits per heavy atom. The predicted molar refractivity (Wildman–Crippen MR) is 109 cm³/mol. The lowest BCUT2D eigenvalue weighted by molar-refractivity contribution is -0.111. The lowest BCUT2D eigenvalue weighted by Crippen LogP contribution is -2.32. The molecule has 1 atom stereocenters. The molecule has 1 aliphatic heterocycles. The highest BCUT2D eigenvalue weighted by atomic mass is 32.2. The molecule has 29 heavy (non-hydrogen) atoms. The predicted octanol–water partition coefficient (Wildman–Crippen LogP) is 3.00. The summed E-state index contributed by atoms with van der Waals surface area (Å²) in [5.74, 6) is -0.374. The monoisotopic (exact) mass is 414 g/mol. The Hall–Kier alpha value is -3.13. The van der Waals surface area contributed by atoms with Crippen LogP contribution in [0.25, 0.3) is 0 Å². The summed E-state index contributed by atoms with van der Waals surface area (Å²) in [6, 6.07) is 15.2. The molecule has 2 aromatic rings. The van der Waals surface area contributed by atoms with Crippen LogP contribution in [0, 0.1) is 0 Å². The Kier molecular flexibility index (Phi) is 6.33. The summed E-state index contributed by atoms with van der Waals surface area (Å²) >= 11 is 0. The van der Waals surface area contributed by atoms with Crippen molar-refractivity contribution in [1.29, 1.82) is 0 Å². The second-order valence-electron chi connectivity index (χ2n) is 6.66. The molecule has 2 aromatic carbocycles. The first-order valence-electron chi connectivity index (χ1n) is 9.13. The maximum absolute atomic E-state index is 12.9. The van der Waals surface area contributed by atoms with Crippen molar-refractivity contribution in [1.82, 2.24) is 4.90 Å². The van der Waals surface area contributed by atoms with Crippen molar-refractivity contribution in [3.05, 3.63) is 72.8 Å². The van der Waals surface area contributed by atoms with Crippen LogP contribution in [0.3, 0.4) is 0 Å². The first kappa shape index (κ1) is 20.6. The molecule has 152 valence electrons. The van der Waals surface area contributed by atoms with Gasteiger partial charge in [-0.25, -0.2) is 13.2 Å². The molecule has 1 heterocycles. The fourth-order valence-electron chi connectivity index (χ4n) is 3.07. The van der Waals surface area contributed by atoms with Crippen LogP contribution in [0.5, 0.6) is 0 Å². The van der Waals surface area contributed by atoms with E-state index in [0.29, 0.717) is 18.7 Å². The van der Waals surface area contributed by atoms with Crippen molar-refractivity contribution < 1.29 is 22.7 Å². The van der Waals surface area contributed by atoms with Crippen molar-refractivity contribution in [2.24, 2.45) is 0 Å². The van der Waals surface area contributed by atoms with Crippen LogP contribution < -0.4 is 5.32 Å². The molecule has 0 aromatic heterocycles. The number of amides is 2. The van der Waals surface area contributed by atoms with E-state index in [0.717, 1.165) is 11.6 Å². The van der Waals surface area contributed by atoms with Crippen LogP contribution in [0.4, 0.5) is 10.5 Å². The number of carbonyl (C=O) groups excluding carboxylic acids is 2. The van der Waals surface area contributed by atoms with Crippen LogP contribution in [0.2, 0.25) is 0 Å². The maximum atomic E-state index is 12.9. The molecule has 0 spiro atoms. The molecule has 0 radical (unpaired) electrons. The Morgan fingerprint density at radius 3 is 2.48 bits per heavy atom. The molecule has 0 bridgehead atoms. The van der Waals surface area contributed by atoms with E-state index in [4.69, 9.17) is 4.74 Å². The topological polar surface area (TPSA) is 92.8 Å². The zero-order chi connectivity index (χ0) is 20.9. The Morgan fingerprint density at radius 2 is 1.83 bits per heavy atom. The lowest BCUT2D eigenvalue weighted by atomic mass is 10.2. The number of sulfone groups is 1. The van der Waals surface area contributed by atoms with E-state index >= 15 is 0 Å². The van der Waals surface area contributed by atoms with Gasteiger partial charge in [-0.3, -0.25) is 4.79 Å². The SMILES string of the molecule is C=CC(=O)Nc1ccc(S(=O)(=O)[C@H]2CCN(C(=O)OCc3ccccc3)C2)cc1. The van der Waals surface area contributed by atoms with Crippen molar-refractivity contribution in [3.63, 3.8) is 0 Å². The molecule has 1 saturated heterocycles. The standard InChI is InChI=1S/C21H22N2O5S/c1-2-20(24)22-17-8-10-18(11-9-17)29(26,27)19-12-13-23(14-19)21(25)28-15-16-6-4-3-5-7-16/h2-11,19H,1,12-15H2,(H,22,24)/t19-/m0/s1. The van der Waals surface area contributed by atoms with Gasteiger partial charge in [-0.05, 0) is 42.3 Å². The average molecular weight is 414 g/mol. The minimum Gasteiger partial charge on any atom is -0.445 e. The van der Waals surface area contributed by atoms with Crippen LogP contribution >= 0.6 is 0 Å². The van der Waals surface area contributed by atoms with Crippen LogP contribution in [0.15, 0.2) is 72.1 Å². The van der Waals surface area contributed by atoms with E-state index in [1.54, 1.807) is 0 Å². The second kappa shape index (κ2) is 8.91. The Bertz CT molecular complexity index is 987. The molecular weight excluding hydrogens is 392 g/mol. The van der Waals surface area contributed by atoms with Gasteiger partial charge in [0.15, 0.2) is 9.84 Å². The normalized spacial score (nSPS) is 16.3. The number of anilines is 1. The first-order chi connectivity index (χ1) is 13.9. The zero-order valence-electron chi connectivity index (χ0n) is 15.8. The van der Waals surface area contributed by atoms with Gasteiger partial charge in [0, 0.05) is 18.8 Å². The summed E-state index contributed by atoms with van der Waals surface area (Å²) in [5.41, 5.74) is 1.35. The third-order valence-corrected chi connectivity index (χ3v) is 6.87. The number of nitrogens with one attached hydrogen (secondary N) is 1. The molecule has 0 unspecified atom stereocenters. The fraction of sp³-hybridized carbons (Fsp3) is 0.238. The third-order valence-electron chi connectivity index (χ3n) is 4.68. The molecule has 2 amide bonds. The summed E-state index contributed by atoms with van der Waals surface area (Å²) in [7, 11) is -3.61. The first-order valence-corrected chi connectivity index (χ1v) is 10.7. The molecule has 0 aliphatic carbocycles. The summed E-state index contributed by atoms with van der Waals surface area (Å²) in [6.45, 7) is 3.92. The average Bonchev–Trinajstić information content (AvgIpc) is 3.24. The van der Waals surface area contributed by atoms with E-state index < -0.39 is 21.2 Å². The van der Waals surface area contributed by atoms with Crippen molar-refractivity contribution in [3.8, 4) is 0 Å². The van der Waals surface area contributed by atoms with Gasteiger partial charge in [-0.2, -0.15) is 0 Å². The van der Waals surface area contributed by atoms with Crippen LogP contribution in [-0.2, 0) is 26.0 Å². The van der Waals surface area contributed by atoms with Gasteiger partial charge in [0.2, 0.25) is 5.91 Å². The molecule has 3 rings (SSSR count). The van der Waals surface area contributed by atoms with Gasteiger partial charge >= 0.3 is 6.09 Å². The van der Waals surface area contributed by atoms with E-state index in [1.807, 2.05) is 30.3 Å². The highest BCUT2D eigenvalue weighted by Gasteiger charge is 2.36. The van der Waals surface area contributed by atoms with E-state index in [1.165, 1.54) is 29.2 Å². The maximum Gasteiger partial charge on any atom is 0.410 e. The molecule has 1 aliphatic rings. The molecule has 7 nitrogen and oxygen atoms in total. The van der Waals surface area contributed by atoms with Crippen molar-refractivity contribution in [2.45, 2.75) is 23.2 Å². The van der Waals surface area contributed by atoms with Crippen molar-refractivity contribution >= 4 is 27.5 Å². The number of carbonyl (C=O) groups is 2. The zero-order valence-corrected chi connectivity index (χ0v) is 16.6. The van der Waals surface area contributed by atoms with E-state index in [9.17, 15) is 18.0 Å². The largest absolute Gasteiger partial charge is 0.445 e. The summed E-state index contributed by atoms with van der Waals surface area (Å²) < 4.78 is 31.1. The lowest BCUT2D eigenvalue weighted by Gasteiger charge is -2.17. The Labute approximate surface area is 169 Å². The quantitative estimate of drug-likeness (QED) is 0.734. The number of nitrogens with zero attached hydrogens (tertiary/aromatic N) is 1. The number of benzene rings is 2. The molecule has 1 N–H and O–H groups in total. The van der Waals surface area contributed by atoms with E-state index in [-0.39, 0.29) is 24.0 Å². The van der Waals surface area contributed by atoms with Gasteiger partial charge in [-0.1, -0.05) is 36.9 Å². The van der Waals surface area contributed by atoms with Crippen LogP contribution in [0.1, 0.15) is 12.0 Å². The van der Waals surface area contributed by atoms with Gasteiger partial charge in [-0.15, -0.1) is 0 Å². The summed E-state index contributed by atoms with van der Waals surface area (Å²) in [6.07, 6.45) is 0.959. The fourth-order valence-corrected chi connectivity index (χ4v) is 4.76. The third kappa shape index (κ3) is 5.03. The number of hydrogen-bond acceptors (Lipinski definition) is 5. The van der Waals surface area contributed by atoms with Crippen LogP contribution in [-0.4, -0.2) is 43.7 Å². The summed E-state index contributed by atoms with van der Waals surface area (Å²) in [4.78, 5) is 25.2. The number of ether oxygens (including phenoxy) is 1. The highest BCUT2D eigenvalue weighted by molar-refractivity contribution is 7.92. The van der Waals surface area contributed by atoms with Gasteiger partial charge in [0.1, 0.15) is 6.61 Å². The number of likely N-dealkylation sites (tertiary alicyclic amines) is 1. The van der Waals surface area contributed by atoms with E-state index in [2.05, 4.69) is 11.9 Å². The smallest absolute Gasteiger partial charge is 0.410 e. The van der Waals surface area contributed by atoms with Gasteiger partial charge in [0.25, 0.3) is 0 Å². The second-order valence-corrected chi connectivity index (χ2v) is 8.89. The Balaban J connectivity index is 1.60. The summed E-state index contributed by atoms with van der Waals surface area (Å²) in [5, 5.41) is 1.87. The van der Waals surface area contributed by atoms with Gasteiger partial charge < -0.3 is 15.0 Å².